The van der Waals surface area contributed by atoms with Crippen LogP contribution in [-0.2, 0) is 17.6 Å². The van der Waals surface area contributed by atoms with Crippen molar-refractivity contribution in [2.45, 2.75) is 25.7 Å². The highest BCUT2D eigenvalue weighted by atomic mass is 16.4. The standard InChI is InChI=1S/C16H16N2O2/c17-10-14(16(19)20)9-11-7-12-3-1-5-18-6-2-4-13(8-11)15(12)18/h7-9H,1-6H2,(H,19,20). The second-order valence-corrected chi connectivity index (χ2v) is 5.36. The highest BCUT2D eigenvalue weighted by Crippen LogP contribution is 2.36. The summed E-state index contributed by atoms with van der Waals surface area (Å²) in [6, 6.07) is 5.82. The Kier molecular flexibility index (Phi) is 3.19. The van der Waals surface area contributed by atoms with Gasteiger partial charge in [-0.15, -0.1) is 0 Å². The molecule has 2 heterocycles. The Morgan fingerprint density at radius 3 is 2.35 bits per heavy atom. The maximum Gasteiger partial charge on any atom is 0.346 e. The van der Waals surface area contributed by atoms with Gasteiger partial charge < -0.3 is 10.0 Å². The molecule has 0 amide bonds. The van der Waals surface area contributed by atoms with Gasteiger partial charge in [-0.1, -0.05) is 0 Å². The normalized spacial score (nSPS) is 17.4. The molecule has 0 unspecified atom stereocenters. The summed E-state index contributed by atoms with van der Waals surface area (Å²) in [6.07, 6.45) is 5.84. The smallest absolute Gasteiger partial charge is 0.346 e. The first-order chi connectivity index (χ1) is 9.69. The number of nitrogens with zero attached hydrogens (tertiary/aromatic N) is 2. The van der Waals surface area contributed by atoms with Crippen LogP contribution in [0.2, 0.25) is 0 Å². The summed E-state index contributed by atoms with van der Waals surface area (Å²) in [7, 11) is 0. The third-order valence-electron chi connectivity index (χ3n) is 4.02. The lowest BCUT2D eigenvalue weighted by Gasteiger charge is -2.37. The molecule has 0 radical (unpaired) electrons. The minimum absolute atomic E-state index is 0.208. The van der Waals surface area contributed by atoms with Gasteiger partial charge in [-0.2, -0.15) is 5.26 Å². The van der Waals surface area contributed by atoms with E-state index in [1.165, 1.54) is 22.9 Å². The topological polar surface area (TPSA) is 64.3 Å². The Bertz CT molecular complexity index is 609. The molecule has 0 aliphatic carbocycles. The van der Waals surface area contributed by atoms with Crippen LogP contribution in [0.25, 0.3) is 6.08 Å². The van der Waals surface area contributed by atoms with E-state index in [2.05, 4.69) is 4.90 Å². The minimum Gasteiger partial charge on any atom is -0.477 e. The molecule has 0 saturated heterocycles. The summed E-state index contributed by atoms with van der Waals surface area (Å²) in [5, 5.41) is 17.8. The number of aliphatic carboxylic acids is 1. The Balaban J connectivity index is 2.08. The molecule has 0 spiro atoms. The molecular formula is C16H16N2O2. The van der Waals surface area contributed by atoms with Gasteiger partial charge in [0.2, 0.25) is 0 Å². The zero-order valence-electron chi connectivity index (χ0n) is 11.2. The fourth-order valence-corrected chi connectivity index (χ4v) is 3.22. The van der Waals surface area contributed by atoms with Crippen molar-refractivity contribution >= 4 is 17.7 Å². The molecule has 102 valence electrons. The van der Waals surface area contributed by atoms with Crippen LogP contribution < -0.4 is 4.90 Å². The molecule has 3 rings (SSSR count). The molecule has 0 bridgehead atoms. The molecule has 1 aromatic carbocycles. The summed E-state index contributed by atoms with van der Waals surface area (Å²) in [6.45, 7) is 2.24. The lowest BCUT2D eigenvalue weighted by molar-refractivity contribution is -0.132. The molecule has 1 N–H and O–H groups in total. The fourth-order valence-electron chi connectivity index (χ4n) is 3.22. The van der Waals surface area contributed by atoms with Crippen molar-refractivity contribution in [1.29, 1.82) is 5.26 Å². The lowest BCUT2D eigenvalue weighted by Crippen LogP contribution is -2.34. The maximum absolute atomic E-state index is 10.9. The van der Waals surface area contributed by atoms with Crippen LogP contribution in [0.3, 0.4) is 0 Å². The molecule has 4 nitrogen and oxygen atoms in total. The van der Waals surface area contributed by atoms with Crippen molar-refractivity contribution < 1.29 is 9.90 Å². The van der Waals surface area contributed by atoms with Crippen LogP contribution in [-0.4, -0.2) is 24.2 Å². The Labute approximate surface area is 117 Å². The van der Waals surface area contributed by atoms with E-state index in [1.807, 2.05) is 12.1 Å². The molecule has 1 aromatic rings. The maximum atomic E-state index is 10.9. The number of carboxylic acid groups (broad SMARTS) is 1. The van der Waals surface area contributed by atoms with Gasteiger partial charge in [0, 0.05) is 18.8 Å². The molecule has 2 aliphatic rings. The van der Waals surface area contributed by atoms with E-state index in [-0.39, 0.29) is 5.57 Å². The van der Waals surface area contributed by atoms with Crippen LogP contribution >= 0.6 is 0 Å². The van der Waals surface area contributed by atoms with Crippen LogP contribution in [0.4, 0.5) is 5.69 Å². The highest BCUT2D eigenvalue weighted by molar-refractivity contribution is 5.96. The predicted octanol–water partition coefficient (Wildman–Crippen LogP) is 2.38. The number of nitriles is 1. The number of benzene rings is 1. The van der Waals surface area contributed by atoms with Gasteiger partial charge in [-0.05, 0) is 60.6 Å². The predicted molar refractivity (Wildman–Crippen MR) is 76.5 cm³/mol. The van der Waals surface area contributed by atoms with E-state index < -0.39 is 5.97 Å². The van der Waals surface area contributed by atoms with Crippen LogP contribution in [0.15, 0.2) is 17.7 Å². The van der Waals surface area contributed by atoms with E-state index in [9.17, 15) is 4.79 Å². The second kappa shape index (κ2) is 5.01. The average Bonchev–Trinajstić information content (AvgIpc) is 2.45. The molecule has 0 atom stereocenters. The molecule has 0 fully saturated rings. The van der Waals surface area contributed by atoms with Crippen molar-refractivity contribution in [1.82, 2.24) is 0 Å². The van der Waals surface area contributed by atoms with Crippen molar-refractivity contribution in [2.24, 2.45) is 0 Å². The minimum atomic E-state index is -1.17. The number of hydrogen-bond donors (Lipinski definition) is 1. The van der Waals surface area contributed by atoms with Gasteiger partial charge in [0.15, 0.2) is 0 Å². The van der Waals surface area contributed by atoms with Crippen molar-refractivity contribution in [2.75, 3.05) is 18.0 Å². The molecule has 0 aromatic heterocycles. The fraction of sp³-hybridized carbons (Fsp3) is 0.375. The van der Waals surface area contributed by atoms with Crippen LogP contribution in [0.1, 0.15) is 29.5 Å². The van der Waals surface area contributed by atoms with E-state index >= 15 is 0 Å². The quantitative estimate of drug-likeness (QED) is 0.660. The first-order valence-electron chi connectivity index (χ1n) is 6.95. The number of rotatable bonds is 2. The van der Waals surface area contributed by atoms with E-state index in [4.69, 9.17) is 10.4 Å². The summed E-state index contributed by atoms with van der Waals surface area (Å²) in [5.74, 6) is -1.17. The molecular weight excluding hydrogens is 252 g/mol. The number of carboxylic acids is 1. The van der Waals surface area contributed by atoms with Gasteiger partial charge in [0.1, 0.15) is 11.6 Å². The SMILES string of the molecule is N#CC(=Cc1cc2c3c(c1)CCCN3CCC2)C(=O)O. The Morgan fingerprint density at radius 2 is 1.85 bits per heavy atom. The van der Waals surface area contributed by atoms with Gasteiger partial charge in [-0.3, -0.25) is 0 Å². The number of anilines is 1. The zero-order chi connectivity index (χ0) is 14.1. The average molecular weight is 268 g/mol. The lowest BCUT2D eigenvalue weighted by atomic mass is 9.90. The van der Waals surface area contributed by atoms with Gasteiger partial charge >= 0.3 is 5.97 Å². The summed E-state index contributed by atoms with van der Waals surface area (Å²) < 4.78 is 0. The molecule has 2 aliphatic heterocycles. The van der Waals surface area contributed by atoms with E-state index in [0.717, 1.165) is 44.3 Å². The van der Waals surface area contributed by atoms with Gasteiger partial charge in [-0.25, -0.2) is 4.79 Å². The molecule has 0 saturated carbocycles. The first kappa shape index (κ1) is 12.7. The number of hydrogen-bond acceptors (Lipinski definition) is 3. The largest absolute Gasteiger partial charge is 0.477 e. The van der Waals surface area contributed by atoms with E-state index in [0.29, 0.717) is 0 Å². The Hall–Kier alpha value is -2.28. The molecule has 4 heteroatoms. The summed E-state index contributed by atoms with van der Waals surface area (Å²) in [5.41, 5.74) is 4.57. The monoisotopic (exact) mass is 268 g/mol. The summed E-state index contributed by atoms with van der Waals surface area (Å²) >= 11 is 0. The third-order valence-corrected chi connectivity index (χ3v) is 4.02. The van der Waals surface area contributed by atoms with Crippen molar-refractivity contribution in [3.63, 3.8) is 0 Å². The zero-order valence-corrected chi connectivity index (χ0v) is 11.2. The number of aryl methyl sites for hydroxylation is 2. The van der Waals surface area contributed by atoms with Crippen molar-refractivity contribution in [3.8, 4) is 6.07 Å². The van der Waals surface area contributed by atoms with Crippen molar-refractivity contribution in [3.05, 3.63) is 34.4 Å². The first-order valence-corrected chi connectivity index (χ1v) is 6.95. The molecule has 20 heavy (non-hydrogen) atoms. The third kappa shape index (κ3) is 2.16. The van der Waals surface area contributed by atoms with Gasteiger partial charge in [0.25, 0.3) is 0 Å². The second-order valence-electron chi connectivity index (χ2n) is 5.36. The van der Waals surface area contributed by atoms with Crippen LogP contribution in [0.5, 0.6) is 0 Å². The van der Waals surface area contributed by atoms with Crippen LogP contribution in [0, 0.1) is 11.3 Å². The number of carbonyl (C=O) groups is 1. The Morgan fingerprint density at radius 1 is 1.25 bits per heavy atom. The summed E-state index contributed by atoms with van der Waals surface area (Å²) in [4.78, 5) is 13.4. The highest BCUT2D eigenvalue weighted by Gasteiger charge is 2.24. The van der Waals surface area contributed by atoms with E-state index in [1.54, 1.807) is 6.07 Å². The van der Waals surface area contributed by atoms with Gasteiger partial charge in [0.05, 0.1) is 0 Å².